The molecule has 7 heteroatoms. The first-order valence-electron chi connectivity index (χ1n) is 14.6. The number of nitrogens with zero attached hydrogens (tertiary/aromatic N) is 4. The molecule has 1 amide bonds. The van der Waals surface area contributed by atoms with Gasteiger partial charge in [0.05, 0.1) is 11.7 Å². The molecule has 0 saturated carbocycles. The lowest BCUT2D eigenvalue weighted by Gasteiger charge is -2.40. The Labute approximate surface area is 249 Å². The molecule has 0 aliphatic rings. The molecule has 0 saturated heterocycles. The zero-order valence-corrected chi connectivity index (χ0v) is 25.4. The van der Waals surface area contributed by atoms with Crippen molar-refractivity contribution in [2.45, 2.75) is 53.6 Å². The minimum absolute atomic E-state index is 0.0541. The maximum absolute atomic E-state index is 14.3. The molecule has 0 spiro atoms. The fourth-order valence-electron chi connectivity index (χ4n) is 5.26. The minimum atomic E-state index is -0.349. The molecule has 4 aromatic rings. The quantitative estimate of drug-likeness (QED) is 0.172. The Morgan fingerprint density at radius 2 is 1.48 bits per heavy atom. The van der Waals surface area contributed by atoms with Crippen molar-refractivity contribution in [1.82, 2.24) is 19.5 Å². The Morgan fingerprint density at radius 1 is 0.881 bits per heavy atom. The van der Waals surface area contributed by atoms with Gasteiger partial charge in [0.1, 0.15) is 5.82 Å². The maximum Gasteiger partial charge on any atom is 0.322 e. The summed E-state index contributed by atoms with van der Waals surface area (Å²) >= 11 is 0. The molecule has 1 heterocycles. The van der Waals surface area contributed by atoms with Gasteiger partial charge in [-0.05, 0) is 36.5 Å². The Hall–Kier alpha value is -4.23. The molecule has 1 atom stereocenters. The van der Waals surface area contributed by atoms with E-state index in [0.717, 1.165) is 22.6 Å². The highest BCUT2D eigenvalue weighted by Gasteiger charge is 2.38. The Kier molecular flexibility index (Phi) is 10.3. The minimum Gasteiger partial charge on any atom is -0.368 e. The molecule has 220 valence electrons. The number of hydrogen-bond acceptors (Lipinski definition) is 5. The lowest BCUT2D eigenvalue weighted by Crippen LogP contribution is -2.44. The first kappa shape index (κ1) is 30.7. The van der Waals surface area contributed by atoms with E-state index >= 15 is 0 Å². The highest BCUT2D eigenvalue weighted by molar-refractivity contribution is 5.94. The second-order valence-electron chi connectivity index (χ2n) is 11.6. The van der Waals surface area contributed by atoms with E-state index < -0.39 is 0 Å². The predicted molar refractivity (Wildman–Crippen MR) is 167 cm³/mol. The van der Waals surface area contributed by atoms with Gasteiger partial charge in [-0.25, -0.2) is 4.98 Å². The van der Waals surface area contributed by atoms with Crippen molar-refractivity contribution in [2.75, 3.05) is 19.6 Å². The summed E-state index contributed by atoms with van der Waals surface area (Å²) in [5.74, 6) is 0.432. The SMILES string of the molecule is CCN(CCCN(C(=O)c1ccccc1)[C@@H](c1nc(-c2ccccc2)cn1Cc1ccccc1)C(C)(C)C)OC(C)=O. The van der Waals surface area contributed by atoms with E-state index in [2.05, 4.69) is 55.8 Å². The van der Waals surface area contributed by atoms with E-state index in [4.69, 9.17) is 9.82 Å². The topological polar surface area (TPSA) is 67.7 Å². The smallest absolute Gasteiger partial charge is 0.322 e. The fraction of sp³-hybridized carbons (Fsp3) is 0.343. The van der Waals surface area contributed by atoms with Crippen LogP contribution in [0, 0.1) is 5.41 Å². The molecule has 4 rings (SSSR count). The second-order valence-corrected chi connectivity index (χ2v) is 11.6. The van der Waals surface area contributed by atoms with Crippen molar-refractivity contribution in [3.05, 3.63) is 114 Å². The summed E-state index contributed by atoms with van der Waals surface area (Å²) in [5, 5.41) is 1.64. The fourth-order valence-corrected chi connectivity index (χ4v) is 5.26. The molecular formula is C35H42N4O3. The van der Waals surface area contributed by atoms with Gasteiger partial charge in [0.25, 0.3) is 5.91 Å². The second kappa shape index (κ2) is 14.1. The average molecular weight is 567 g/mol. The third-order valence-electron chi connectivity index (χ3n) is 7.15. The molecule has 0 aliphatic carbocycles. The average Bonchev–Trinajstić information content (AvgIpc) is 3.38. The molecule has 7 nitrogen and oxygen atoms in total. The largest absolute Gasteiger partial charge is 0.368 e. The van der Waals surface area contributed by atoms with Crippen LogP contribution in [0.3, 0.4) is 0 Å². The Morgan fingerprint density at radius 3 is 2.05 bits per heavy atom. The van der Waals surface area contributed by atoms with Crippen LogP contribution >= 0.6 is 0 Å². The molecule has 1 aromatic heterocycles. The number of hydroxylamine groups is 2. The van der Waals surface area contributed by atoms with Gasteiger partial charge in [-0.3, -0.25) is 9.59 Å². The maximum atomic E-state index is 14.3. The lowest BCUT2D eigenvalue weighted by molar-refractivity contribution is -0.187. The van der Waals surface area contributed by atoms with Crippen molar-refractivity contribution >= 4 is 11.9 Å². The highest BCUT2D eigenvalue weighted by Crippen LogP contribution is 2.40. The summed E-state index contributed by atoms with van der Waals surface area (Å²) in [6, 6.07) is 29.5. The number of carbonyl (C=O) groups is 2. The van der Waals surface area contributed by atoms with Crippen molar-refractivity contribution in [1.29, 1.82) is 0 Å². The molecule has 0 bridgehead atoms. The summed E-state index contributed by atoms with van der Waals surface area (Å²) < 4.78 is 2.19. The zero-order chi connectivity index (χ0) is 30.1. The van der Waals surface area contributed by atoms with Gasteiger partial charge in [0.15, 0.2) is 0 Å². The first-order chi connectivity index (χ1) is 20.2. The van der Waals surface area contributed by atoms with Crippen molar-refractivity contribution < 1.29 is 14.4 Å². The summed E-state index contributed by atoms with van der Waals surface area (Å²) in [5.41, 5.74) is 3.33. The summed E-state index contributed by atoms with van der Waals surface area (Å²) in [6.07, 6.45) is 2.72. The van der Waals surface area contributed by atoms with Crippen LogP contribution in [0.15, 0.2) is 97.2 Å². The van der Waals surface area contributed by atoms with Gasteiger partial charge in [0.2, 0.25) is 0 Å². The van der Waals surface area contributed by atoms with E-state index in [0.29, 0.717) is 38.2 Å². The zero-order valence-electron chi connectivity index (χ0n) is 25.4. The van der Waals surface area contributed by atoms with E-state index in [9.17, 15) is 9.59 Å². The summed E-state index contributed by atoms with van der Waals surface area (Å²) in [7, 11) is 0. The van der Waals surface area contributed by atoms with Crippen LogP contribution in [0.5, 0.6) is 0 Å². The standard InChI is InChI=1S/C35H42N4O3/c1-6-38(42-27(2)40)23-16-24-39(34(41)30-21-14-9-15-22-30)32(35(3,4)5)33-36-31(29-19-12-8-13-20-29)26-37(33)25-28-17-10-7-11-18-28/h7-15,17-22,26,32H,6,16,23-25H2,1-5H3/t32-/m0/s1. The third-order valence-corrected chi connectivity index (χ3v) is 7.15. The van der Waals surface area contributed by atoms with Gasteiger partial charge >= 0.3 is 5.97 Å². The number of hydrogen-bond donors (Lipinski definition) is 0. The highest BCUT2D eigenvalue weighted by atomic mass is 16.7. The van der Waals surface area contributed by atoms with Gasteiger partial charge < -0.3 is 14.3 Å². The monoisotopic (exact) mass is 566 g/mol. The molecular weight excluding hydrogens is 524 g/mol. The Bertz CT molecular complexity index is 1430. The predicted octanol–water partition coefficient (Wildman–Crippen LogP) is 7.02. The number of carbonyl (C=O) groups excluding carboxylic acids is 2. The first-order valence-corrected chi connectivity index (χ1v) is 14.6. The van der Waals surface area contributed by atoms with Gasteiger partial charge in [0, 0.05) is 50.4 Å². The molecule has 0 radical (unpaired) electrons. The molecule has 42 heavy (non-hydrogen) atoms. The lowest BCUT2D eigenvalue weighted by atomic mass is 9.84. The van der Waals surface area contributed by atoms with E-state index in [1.807, 2.05) is 78.6 Å². The van der Waals surface area contributed by atoms with E-state index in [-0.39, 0.29) is 23.3 Å². The number of imidazole rings is 1. The van der Waals surface area contributed by atoms with Crippen LogP contribution in [0.2, 0.25) is 0 Å². The third kappa shape index (κ3) is 7.95. The molecule has 0 aliphatic heterocycles. The number of rotatable bonds is 12. The molecule has 0 N–H and O–H groups in total. The Balaban J connectivity index is 1.79. The molecule has 0 fully saturated rings. The number of amides is 1. The molecule has 0 unspecified atom stereocenters. The molecule has 3 aromatic carbocycles. The number of aromatic nitrogens is 2. The van der Waals surface area contributed by atoms with Crippen LogP contribution in [0.25, 0.3) is 11.3 Å². The van der Waals surface area contributed by atoms with Crippen molar-refractivity contribution in [3.63, 3.8) is 0 Å². The van der Waals surface area contributed by atoms with Crippen LogP contribution in [-0.4, -0.2) is 51.0 Å². The van der Waals surface area contributed by atoms with Crippen LogP contribution in [-0.2, 0) is 16.2 Å². The van der Waals surface area contributed by atoms with Gasteiger partial charge in [-0.1, -0.05) is 99.6 Å². The van der Waals surface area contributed by atoms with Crippen LogP contribution < -0.4 is 0 Å². The van der Waals surface area contributed by atoms with Crippen LogP contribution in [0.4, 0.5) is 0 Å². The van der Waals surface area contributed by atoms with Crippen molar-refractivity contribution in [2.24, 2.45) is 5.41 Å². The van der Waals surface area contributed by atoms with E-state index in [1.165, 1.54) is 6.92 Å². The van der Waals surface area contributed by atoms with Gasteiger partial charge in [-0.15, -0.1) is 5.06 Å². The normalized spacial score (nSPS) is 12.2. The van der Waals surface area contributed by atoms with E-state index in [1.54, 1.807) is 5.06 Å². The van der Waals surface area contributed by atoms with Crippen molar-refractivity contribution in [3.8, 4) is 11.3 Å². The van der Waals surface area contributed by atoms with Crippen LogP contribution in [0.1, 0.15) is 68.8 Å². The van der Waals surface area contributed by atoms with Gasteiger partial charge in [-0.2, -0.15) is 0 Å². The summed E-state index contributed by atoms with van der Waals surface area (Å²) in [6.45, 7) is 12.0. The summed E-state index contributed by atoms with van der Waals surface area (Å²) in [4.78, 5) is 38.4. The number of benzene rings is 3.